The summed E-state index contributed by atoms with van der Waals surface area (Å²) in [5.74, 6) is 0. The molecule has 2 rings (SSSR count). The molecule has 0 saturated carbocycles. The van der Waals surface area contributed by atoms with Crippen molar-refractivity contribution in [2.45, 2.75) is 17.2 Å². The Morgan fingerprint density at radius 1 is 1.78 bits per heavy atom. The van der Waals surface area contributed by atoms with Gasteiger partial charge in [-0.15, -0.1) is 0 Å². The largest absolute Gasteiger partial charge is 0.489 e. The third-order valence-electron chi connectivity index (χ3n) is 1.90. The van der Waals surface area contributed by atoms with E-state index in [2.05, 4.69) is 4.99 Å². The molecule has 0 aliphatic carbocycles. The van der Waals surface area contributed by atoms with Crippen LogP contribution >= 0.6 is 11.8 Å². The summed E-state index contributed by atoms with van der Waals surface area (Å²) in [7, 11) is 0.675. The van der Waals surface area contributed by atoms with E-state index in [9.17, 15) is 5.11 Å². The number of rotatable bonds is 0. The van der Waals surface area contributed by atoms with Gasteiger partial charge in [0.1, 0.15) is 5.62 Å². The molecule has 0 bridgehead atoms. The average Bonchev–Trinajstić information content (AvgIpc) is 1.97. The average molecular weight is 143 g/mol. The quantitative estimate of drug-likeness (QED) is 0.447. The number of nitrogens with zero attached hydrogens (tertiary/aromatic N) is 1. The van der Waals surface area contributed by atoms with Gasteiger partial charge in [0.25, 0.3) is 0 Å². The molecule has 2 atom stereocenters. The predicted octanol–water partition coefficient (Wildman–Crippen LogP) is -0.540. The molecule has 2 N–H and O–H groups in total. The summed E-state index contributed by atoms with van der Waals surface area (Å²) < 4.78 is -0.211. The van der Waals surface area contributed by atoms with Gasteiger partial charge in [-0.05, 0) is 0 Å². The molecule has 1 fully saturated rings. The highest BCUT2D eigenvalue weighted by Gasteiger charge is 2.70. The Balaban J connectivity index is 2.34. The Kier molecular flexibility index (Phi) is 0.720. The standard InChI is InChI=1S/C4H6BNO2S/c1-3-4(8,5-3)6-2(7)9-3/h5,8H,1H3,(H,6,7). The van der Waals surface area contributed by atoms with Crippen LogP contribution in [0, 0.1) is 0 Å². The smallest absolute Gasteiger partial charge is 0.245 e. The molecule has 5 heteroatoms. The molecule has 0 aromatic carbocycles. The van der Waals surface area contributed by atoms with Gasteiger partial charge in [-0.2, -0.15) is 0 Å². The lowest BCUT2D eigenvalue weighted by atomic mass is 10.0. The SMILES string of the molecule is CC12BC1(O)N=C(O)S2. The first-order valence-electron chi connectivity index (χ1n) is 2.76. The molecular weight excluding hydrogens is 137 g/mol. The summed E-state index contributed by atoms with van der Waals surface area (Å²) in [5.41, 5.74) is -0.929. The van der Waals surface area contributed by atoms with Crippen LogP contribution in [0.3, 0.4) is 0 Å². The molecule has 0 radical (unpaired) electrons. The van der Waals surface area contributed by atoms with Gasteiger partial charge in [0.05, 0.1) is 0 Å². The number of hydrogen-bond donors (Lipinski definition) is 2. The Labute approximate surface area is 57.4 Å². The highest BCUT2D eigenvalue weighted by atomic mass is 32.2. The molecule has 1 saturated heterocycles. The minimum Gasteiger partial charge on any atom is -0.489 e. The minimum absolute atomic E-state index is 0.0197. The number of aliphatic hydroxyl groups excluding tert-OH is 1. The van der Waals surface area contributed by atoms with E-state index in [1.54, 1.807) is 0 Å². The number of fused-ring (bicyclic) bond motifs is 1. The van der Waals surface area contributed by atoms with Crippen LogP contribution in [0.5, 0.6) is 0 Å². The summed E-state index contributed by atoms with van der Waals surface area (Å²) in [6.07, 6.45) is 0. The monoisotopic (exact) mass is 143 g/mol. The molecule has 0 aromatic rings. The van der Waals surface area contributed by atoms with Gasteiger partial charge in [-0.1, -0.05) is 18.7 Å². The van der Waals surface area contributed by atoms with Crippen LogP contribution < -0.4 is 0 Å². The summed E-state index contributed by atoms with van der Waals surface area (Å²) in [4.78, 5) is 3.66. The van der Waals surface area contributed by atoms with E-state index in [0.717, 1.165) is 0 Å². The van der Waals surface area contributed by atoms with Gasteiger partial charge in [-0.3, -0.25) is 0 Å². The zero-order valence-corrected chi connectivity index (χ0v) is 5.77. The van der Waals surface area contributed by atoms with Crippen molar-refractivity contribution in [2.75, 3.05) is 0 Å². The van der Waals surface area contributed by atoms with E-state index in [4.69, 9.17) is 5.11 Å². The maximum Gasteiger partial charge on any atom is 0.245 e. The van der Waals surface area contributed by atoms with Crippen molar-refractivity contribution in [3.8, 4) is 0 Å². The van der Waals surface area contributed by atoms with Gasteiger partial charge < -0.3 is 10.2 Å². The molecule has 0 spiro atoms. The lowest BCUT2D eigenvalue weighted by Crippen LogP contribution is -2.11. The summed E-state index contributed by atoms with van der Waals surface area (Å²) in [5, 5.41) is 18.2. The van der Waals surface area contributed by atoms with Crippen LogP contribution in [0.2, 0.25) is 0 Å². The van der Waals surface area contributed by atoms with E-state index in [1.807, 2.05) is 6.92 Å². The number of hydrogen-bond acceptors (Lipinski definition) is 3. The maximum absolute atomic E-state index is 9.33. The first-order chi connectivity index (χ1) is 4.06. The molecule has 3 nitrogen and oxygen atoms in total. The Hall–Kier alpha value is -0.155. The summed E-state index contributed by atoms with van der Waals surface area (Å²) in [6, 6.07) is 0. The van der Waals surface area contributed by atoms with Crippen molar-refractivity contribution in [1.29, 1.82) is 0 Å². The van der Waals surface area contributed by atoms with Crippen molar-refractivity contribution in [1.82, 2.24) is 0 Å². The van der Waals surface area contributed by atoms with Gasteiger partial charge in [0.15, 0.2) is 0 Å². The number of thioether (sulfide) groups is 1. The third kappa shape index (κ3) is 0.514. The minimum atomic E-state index is -0.929. The Morgan fingerprint density at radius 2 is 2.44 bits per heavy atom. The fraction of sp³-hybridized carbons (Fsp3) is 0.750. The molecule has 0 aromatic heterocycles. The Morgan fingerprint density at radius 3 is 2.67 bits per heavy atom. The molecule has 9 heavy (non-hydrogen) atoms. The lowest BCUT2D eigenvalue weighted by molar-refractivity contribution is 0.175. The van der Waals surface area contributed by atoms with E-state index in [1.165, 1.54) is 11.8 Å². The molecule has 2 aliphatic heterocycles. The van der Waals surface area contributed by atoms with Crippen LogP contribution in [-0.4, -0.2) is 33.0 Å². The normalized spacial score (nSPS) is 53.8. The van der Waals surface area contributed by atoms with Crippen molar-refractivity contribution in [2.24, 2.45) is 4.99 Å². The third-order valence-corrected chi connectivity index (χ3v) is 3.10. The highest BCUT2D eigenvalue weighted by Crippen LogP contribution is 2.55. The second-order valence-corrected chi connectivity index (χ2v) is 4.19. The fourth-order valence-electron chi connectivity index (χ4n) is 1.08. The zero-order chi connectivity index (χ0) is 6.70. The molecule has 48 valence electrons. The van der Waals surface area contributed by atoms with Crippen molar-refractivity contribution in [3.05, 3.63) is 0 Å². The van der Waals surface area contributed by atoms with E-state index < -0.39 is 5.62 Å². The van der Waals surface area contributed by atoms with E-state index in [0.29, 0.717) is 7.28 Å². The predicted molar refractivity (Wildman–Crippen MR) is 38.2 cm³/mol. The van der Waals surface area contributed by atoms with Crippen molar-refractivity contribution >= 4 is 24.3 Å². The van der Waals surface area contributed by atoms with Crippen molar-refractivity contribution in [3.63, 3.8) is 0 Å². The van der Waals surface area contributed by atoms with Gasteiger partial charge in [0, 0.05) is 4.65 Å². The molecule has 2 aliphatic rings. The van der Waals surface area contributed by atoms with Crippen LogP contribution in [0.25, 0.3) is 0 Å². The molecule has 2 heterocycles. The van der Waals surface area contributed by atoms with Gasteiger partial charge in [-0.25, -0.2) is 4.99 Å². The topological polar surface area (TPSA) is 52.8 Å². The summed E-state index contributed by atoms with van der Waals surface area (Å²) in [6.45, 7) is 1.89. The van der Waals surface area contributed by atoms with Gasteiger partial charge in [0.2, 0.25) is 12.5 Å². The number of aliphatic hydroxyl groups is 2. The first kappa shape index (κ1) is 5.62. The second kappa shape index (κ2) is 1.15. The van der Waals surface area contributed by atoms with Crippen molar-refractivity contribution < 1.29 is 10.2 Å². The molecule has 2 unspecified atom stereocenters. The van der Waals surface area contributed by atoms with Crippen LogP contribution in [0.4, 0.5) is 0 Å². The van der Waals surface area contributed by atoms with Crippen LogP contribution in [-0.2, 0) is 0 Å². The lowest BCUT2D eigenvalue weighted by Gasteiger charge is -2.02. The van der Waals surface area contributed by atoms with Crippen LogP contribution in [0.15, 0.2) is 4.99 Å². The first-order valence-corrected chi connectivity index (χ1v) is 3.58. The zero-order valence-electron chi connectivity index (χ0n) is 4.96. The second-order valence-electron chi connectivity index (χ2n) is 2.72. The van der Waals surface area contributed by atoms with E-state index in [-0.39, 0.29) is 9.88 Å². The highest BCUT2D eigenvalue weighted by molar-refractivity contribution is 8.17. The number of aliphatic imine (C=N–C) groups is 1. The van der Waals surface area contributed by atoms with Gasteiger partial charge >= 0.3 is 0 Å². The van der Waals surface area contributed by atoms with Crippen LogP contribution in [0.1, 0.15) is 6.92 Å². The fourth-order valence-corrected chi connectivity index (χ4v) is 2.17. The molecular formula is C4H6BNO2S. The molecule has 0 amide bonds. The summed E-state index contributed by atoms with van der Waals surface area (Å²) >= 11 is 1.25. The Bertz CT molecular complexity index is 209. The maximum atomic E-state index is 9.33. The van der Waals surface area contributed by atoms with E-state index >= 15 is 0 Å².